The Morgan fingerprint density at radius 1 is 1.15 bits per heavy atom. The molecule has 1 heterocycles. The van der Waals surface area contributed by atoms with Crippen LogP contribution in [-0.2, 0) is 6.54 Å². The number of aromatic nitrogens is 2. The summed E-state index contributed by atoms with van der Waals surface area (Å²) in [5, 5.41) is 10.4. The lowest BCUT2D eigenvalue weighted by Crippen LogP contribution is -2.22. The molecule has 1 atom stereocenters. The van der Waals surface area contributed by atoms with E-state index in [-0.39, 0.29) is 6.04 Å². The van der Waals surface area contributed by atoms with Gasteiger partial charge in [-0.1, -0.05) is 42.5 Å². The van der Waals surface area contributed by atoms with Crippen molar-refractivity contribution in [1.29, 1.82) is 0 Å². The van der Waals surface area contributed by atoms with Gasteiger partial charge in [0, 0.05) is 6.20 Å². The molecular formula is C17H19N3. The third-order valence-corrected chi connectivity index (χ3v) is 3.68. The number of likely N-dealkylation sites (N-methyl/N-ethyl adjacent to an activating group) is 1. The molecule has 0 amide bonds. The Kier molecular flexibility index (Phi) is 3.52. The van der Waals surface area contributed by atoms with Crippen LogP contribution in [0.2, 0.25) is 0 Å². The number of nitrogens with one attached hydrogen (secondary N) is 1. The van der Waals surface area contributed by atoms with Gasteiger partial charge in [0.1, 0.15) is 0 Å². The van der Waals surface area contributed by atoms with Gasteiger partial charge in [-0.3, -0.25) is 4.68 Å². The number of fused-ring (bicyclic) bond motifs is 1. The second-order valence-corrected chi connectivity index (χ2v) is 5.15. The third kappa shape index (κ3) is 2.45. The fraction of sp³-hybridized carbons (Fsp3) is 0.235. The van der Waals surface area contributed by atoms with E-state index >= 15 is 0 Å². The zero-order valence-corrected chi connectivity index (χ0v) is 11.9. The van der Waals surface area contributed by atoms with Gasteiger partial charge in [-0.2, -0.15) is 5.10 Å². The van der Waals surface area contributed by atoms with Crippen LogP contribution in [0.25, 0.3) is 10.8 Å². The van der Waals surface area contributed by atoms with E-state index in [9.17, 15) is 0 Å². The van der Waals surface area contributed by atoms with Crippen molar-refractivity contribution in [2.75, 3.05) is 7.05 Å². The Morgan fingerprint density at radius 2 is 1.95 bits per heavy atom. The molecule has 0 bridgehead atoms. The normalized spacial score (nSPS) is 12.7. The van der Waals surface area contributed by atoms with Crippen LogP contribution in [0.15, 0.2) is 54.9 Å². The molecule has 20 heavy (non-hydrogen) atoms. The first kappa shape index (κ1) is 12.9. The molecule has 3 nitrogen and oxygen atoms in total. The summed E-state index contributed by atoms with van der Waals surface area (Å²) in [4.78, 5) is 0. The van der Waals surface area contributed by atoms with E-state index in [0.29, 0.717) is 0 Å². The van der Waals surface area contributed by atoms with Crippen molar-refractivity contribution < 1.29 is 0 Å². The van der Waals surface area contributed by atoms with Crippen molar-refractivity contribution in [2.45, 2.75) is 19.5 Å². The molecule has 0 aliphatic rings. The average Bonchev–Trinajstić information content (AvgIpc) is 2.89. The molecule has 102 valence electrons. The minimum absolute atomic E-state index is 0.250. The molecular weight excluding hydrogens is 246 g/mol. The van der Waals surface area contributed by atoms with Crippen LogP contribution in [0.5, 0.6) is 0 Å². The van der Waals surface area contributed by atoms with Crippen molar-refractivity contribution in [3.05, 3.63) is 66.0 Å². The maximum atomic E-state index is 4.39. The first-order chi connectivity index (χ1) is 9.78. The maximum Gasteiger partial charge on any atom is 0.0604 e. The van der Waals surface area contributed by atoms with Gasteiger partial charge in [-0.15, -0.1) is 0 Å². The summed E-state index contributed by atoms with van der Waals surface area (Å²) in [6, 6.07) is 15.2. The summed E-state index contributed by atoms with van der Waals surface area (Å²) in [7, 11) is 2.00. The first-order valence-electron chi connectivity index (χ1n) is 6.92. The van der Waals surface area contributed by atoms with Crippen molar-refractivity contribution >= 4 is 10.8 Å². The molecule has 0 spiro atoms. The van der Waals surface area contributed by atoms with E-state index < -0.39 is 0 Å². The molecule has 1 aromatic heterocycles. The maximum absolute atomic E-state index is 4.39. The summed E-state index contributed by atoms with van der Waals surface area (Å²) >= 11 is 0. The Bertz CT molecular complexity index is 710. The highest BCUT2D eigenvalue weighted by Gasteiger charge is 2.13. The highest BCUT2D eigenvalue weighted by atomic mass is 15.3. The van der Waals surface area contributed by atoms with Crippen molar-refractivity contribution in [1.82, 2.24) is 15.1 Å². The minimum atomic E-state index is 0.250. The number of hydrogen-bond donors (Lipinski definition) is 1. The number of nitrogens with zero attached hydrogens (tertiary/aromatic N) is 2. The predicted molar refractivity (Wildman–Crippen MR) is 82.7 cm³/mol. The van der Waals surface area contributed by atoms with Gasteiger partial charge in [0.05, 0.1) is 18.8 Å². The van der Waals surface area contributed by atoms with E-state index in [1.165, 1.54) is 21.9 Å². The van der Waals surface area contributed by atoms with Gasteiger partial charge in [0.2, 0.25) is 0 Å². The van der Waals surface area contributed by atoms with E-state index in [1.807, 2.05) is 17.9 Å². The van der Waals surface area contributed by atoms with Crippen molar-refractivity contribution in [3.8, 4) is 0 Å². The Balaban J connectivity index is 1.98. The van der Waals surface area contributed by atoms with Crippen LogP contribution in [0.4, 0.5) is 0 Å². The Hall–Kier alpha value is -2.13. The molecule has 1 unspecified atom stereocenters. The minimum Gasteiger partial charge on any atom is -0.311 e. The highest BCUT2D eigenvalue weighted by molar-refractivity contribution is 5.86. The van der Waals surface area contributed by atoms with Crippen LogP contribution in [-0.4, -0.2) is 16.8 Å². The van der Waals surface area contributed by atoms with Crippen LogP contribution in [0.1, 0.15) is 17.2 Å². The lowest BCUT2D eigenvalue weighted by atomic mass is 9.99. The zero-order chi connectivity index (χ0) is 13.9. The molecule has 3 aromatic rings. The largest absolute Gasteiger partial charge is 0.311 e. The van der Waals surface area contributed by atoms with Gasteiger partial charge in [-0.05, 0) is 35.9 Å². The smallest absolute Gasteiger partial charge is 0.0604 e. The number of rotatable bonds is 4. The van der Waals surface area contributed by atoms with Gasteiger partial charge >= 0.3 is 0 Å². The standard InChI is InChI=1S/C17H19N3/c1-13-10-19-20(11-13)12-17(18-2)16-9-5-7-14-6-3-4-8-15(14)16/h3-11,17-18H,12H2,1-2H3. The number of hydrogen-bond acceptors (Lipinski definition) is 2. The fourth-order valence-corrected chi connectivity index (χ4v) is 2.65. The van der Waals surface area contributed by atoms with Gasteiger partial charge in [-0.25, -0.2) is 0 Å². The van der Waals surface area contributed by atoms with Crippen LogP contribution >= 0.6 is 0 Å². The third-order valence-electron chi connectivity index (χ3n) is 3.68. The topological polar surface area (TPSA) is 29.9 Å². The molecule has 0 saturated heterocycles. The zero-order valence-electron chi connectivity index (χ0n) is 11.9. The lowest BCUT2D eigenvalue weighted by molar-refractivity contribution is 0.470. The first-order valence-corrected chi connectivity index (χ1v) is 6.92. The molecule has 2 aromatic carbocycles. The van der Waals surface area contributed by atoms with Crippen molar-refractivity contribution in [3.63, 3.8) is 0 Å². The molecule has 1 N–H and O–H groups in total. The summed E-state index contributed by atoms with van der Waals surface area (Å²) in [6.07, 6.45) is 3.98. The summed E-state index contributed by atoms with van der Waals surface area (Å²) in [6.45, 7) is 2.90. The van der Waals surface area contributed by atoms with Gasteiger partial charge < -0.3 is 5.32 Å². The molecule has 0 aliphatic heterocycles. The van der Waals surface area contributed by atoms with E-state index in [0.717, 1.165) is 6.54 Å². The van der Waals surface area contributed by atoms with E-state index in [1.54, 1.807) is 0 Å². The average molecular weight is 265 g/mol. The van der Waals surface area contributed by atoms with Crippen LogP contribution in [0.3, 0.4) is 0 Å². The monoisotopic (exact) mass is 265 g/mol. The Labute approximate surface area is 119 Å². The summed E-state index contributed by atoms with van der Waals surface area (Å²) < 4.78 is 2.00. The predicted octanol–water partition coefficient (Wildman–Crippen LogP) is 3.31. The highest BCUT2D eigenvalue weighted by Crippen LogP contribution is 2.25. The van der Waals surface area contributed by atoms with Gasteiger partial charge in [0.25, 0.3) is 0 Å². The van der Waals surface area contributed by atoms with Crippen molar-refractivity contribution in [2.24, 2.45) is 0 Å². The summed E-state index contributed by atoms with van der Waals surface area (Å²) in [5.41, 5.74) is 2.51. The molecule has 0 saturated carbocycles. The summed E-state index contributed by atoms with van der Waals surface area (Å²) in [5.74, 6) is 0. The second kappa shape index (κ2) is 5.47. The molecule has 0 radical (unpaired) electrons. The quantitative estimate of drug-likeness (QED) is 0.784. The van der Waals surface area contributed by atoms with E-state index in [4.69, 9.17) is 0 Å². The lowest BCUT2D eigenvalue weighted by Gasteiger charge is -2.19. The molecule has 0 aliphatic carbocycles. The van der Waals surface area contributed by atoms with E-state index in [2.05, 4.69) is 66.0 Å². The van der Waals surface area contributed by atoms with Crippen LogP contribution < -0.4 is 5.32 Å². The fourth-order valence-electron chi connectivity index (χ4n) is 2.65. The molecule has 3 rings (SSSR count). The SMILES string of the molecule is CNC(Cn1cc(C)cn1)c1cccc2ccccc12. The number of aryl methyl sites for hydroxylation is 1. The van der Waals surface area contributed by atoms with Gasteiger partial charge in [0.15, 0.2) is 0 Å². The molecule has 3 heteroatoms. The van der Waals surface area contributed by atoms with Crippen LogP contribution in [0, 0.1) is 6.92 Å². The number of benzene rings is 2. The molecule has 0 fully saturated rings. The second-order valence-electron chi connectivity index (χ2n) is 5.15. The Morgan fingerprint density at radius 3 is 2.70 bits per heavy atom.